The molecule has 0 aliphatic heterocycles. The van der Waals surface area contributed by atoms with Crippen LogP contribution >= 0.6 is 27.5 Å². The van der Waals surface area contributed by atoms with Crippen LogP contribution in [0, 0.1) is 0 Å². The van der Waals surface area contributed by atoms with E-state index in [1.807, 2.05) is 42.5 Å². The van der Waals surface area contributed by atoms with Gasteiger partial charge in [-0.15, -0.1) is 0 Å². The van der Waals surface area contributed by atoms with Crippen LogP contribution in [0.1, 0.15) is 24.2 Å². The largest absolute Gasteiger partial charge is 0.488 e. The molecule has 100 valence electrons. The molecular weight excluding hydrogens is 328 g/mol. The molecule has 1 atom stereocenters. The first kappa shape index (κ1) is 14.4. The zero-order valence-electron chi connectivity index (χ0n) is 10.4. The molecule has 0 bridgehead atoms. The molecule has 2 aromatic carbocycles. The third kappa shape index (κ3) is 3.72. The lowest BCUT2D eigenvalue weighted by Crippen LogP contribution is -2.01. The first-order valence-electron chi connectivity index (χ1n) is 5.91. The quantitative estimate of drug-likeness (QED) is 0.870. The molecule has 0 aliphatic carbocycles. The van der Waals surface area contributed by atoms with Gasteiger partial charge in [0.2, 0.25) is 0 Å². The molecule has 0 saturated carbocycles. The monoisotopic (exact) mass is 340 g/mol. The molecule has 0 aromatic heterocycles. The second-order valence-corrected chi connectivity index (χ2v) is 5.56. The Morgan fingerprint density at radius 3 is 2.68 bits per heavy atom. The summed E-state index contributed by atoms with van der Waals surface area (Å²) in [4.78, 5) is 0. The van der Waals surface area contributed by atoms with Crippen LogP contribution < -0.4 is 4.74 Å². The minimum atomic E-state index is -0.575. The van der Waals surface area contributed by atoms with Gasteiger partial charge in [-0.05, 0) is 25.1 Å². The Balaban J connectivity index is 2.19. The molecule has 0 spiro atoms. The van der Waals surface area contributed by atoms with Gasteiger partial charge in [0.05, 0.1) is 6.10 Å². The van der Waals surface area contributed by atoms with Crippen LogP contribution in [-0.2, 0) is 6.61 Å². The molecule has 0 amide bonds. The van der Waals surface area contributed by atoms with E-state index in [1.54, 1.807) is 6.92 Å². The standard InChI is InChI=1S/C15H14BrClO2/c1-10(18)13-7-6-12(16)8-15(13)19-9-11-4-2-3-5-14(11)17/h2-8,10,18H,9H2,1H3. The van der Waals surface area contributed by atoms with Gasteiger partial charge in [-0.3, -0.25) is 0 Å². The number of rotatable bonds is 4. The predicted molar refractivity (Wildman–Crippen MR) is 80.6 cm³/mol. The van der Waals surface area contributed by atoms with Gasteiger partial charge in [0.15, 0.2) is 0 Å². The first-order chi connectivity index (χ1) is 9.08. The molecule has 4 heteroatoms. The number of halogens is 2. The van der Waals surface area contributed by atoms with Crippen molar-refractivity contribution in [2.75, 3.05) is 0 Å². The predicted octanol–water partition coefficient (Wildman–Crippen LogP) is 4.73. The lowest BCUT2D eigenvalue weighted by molar-refractivity contribution is 0.190. The molecule has 0 aliphatic rings. The molecule has 2 nitrogen and oxygen atoms in total. The van der Waals surface area contributed by atoms with E-state index in [9.17, 15) is 5.11 Å². The van der Waals surface area contributed by atoms with Crippen molar-refractivity contribution in [3.8, 4) is 5.75 Å². The lowest BCUT2D eigenvalue weighted by Gasteiger charge is -2.14. The van der Waals surface area contributed by atoms with E-state index < -0.39 is 6.10 Å². The SMILES string of the molecule is CC(O)c1ccc(Br)cc1OCc1ccccc1Cl. The van der Waals surface area contributed by atoms with Crippen molar-refractivity contribution in [1.82, 2.24) is 0 Å². The van der Waals surface area contributed by atoms with Gasteiger partial charge >= 0.3 is 0 Å². The lowest BCUT2D eigenvalue weighted by atomic mass is 10.1. The summed E-state index contributed by atoms with van der Waals surface area (Å²) in [6.07, 6.45) is -0.575. The summed E-state index contributed by atoms with van der Waals surface area (Å²) in [6, 6.07) is 13.1. The van der Waals surface area contributed by atoms with Gasteiger partial charge in [-0.1, -0.05) is 51.8 Å². The van der Waals surface area contributed by atoms with E-state index in [4.69, 9.17) is 16.3 Å². The van der Waals surface area contributed by atoms with Gasteiger partial charge in [0, 0.05) is 20.6 Å². The topological polar surface area (TPSA) is 29.5 Å². The van der Waals surface area contributed by atoms with Crippen LogP contribution in [0.5, 0.6) is 5.75 Å². The number of hydrogen-bond acceptors (Lipinski definition) is 2. The highest BCUT2D eigenvalue weighted by atomic mass is 79.9. The highest BCUT2D eigenvalue weighted by Crippen LogP contribution is 2.29. The van der Waals surface area contributed by atoms with Crippen molar-refractivity contribution in [2.45, 2.75) is 19.6 Å². The van der Waals surface area contributed by atoms with Gasteiger partial charge in [0.1, 0.15) is 12.4 Å². The summed E-state index contributed by atoms with van der Waals surface area (Å²) >= 11 is 9.48. The van der Waals surface area contributed by atoms with E-state index in [-0.39, 0.29) is 0 Å². The summed E-state index contributed by atoms with van der Waals surface area (Å²) in [6.45, 7) is 2.08. The molecule has 1 unspecified atom stereocenters. The molecule has 2 rings (SSSR count). The van der Waals surface area contributed by atoms with Gasteiger partial charge in [-0.25, -0.2) is 0 Å². The molecule has 0 radical (unpaired) electrons. The van der Waals surface area contributed by atoms with Crippen molar-refractivity contribution >= 4 is 27.5 Å². The van der Waals surface area contributed by atoms with E-state index in [0.717, 1.165) is 15.6 Å². The first-order valence-corrected chi connectivity index (χ1v) is 7.08. The smallest absolute Gasteiger partial charge is 0.126 e. The number of benzene rings is 2. The van der Waals surface area contributed by atoms with Crippen LogP contribution in [0.15, 0.2) is 46.9 Å². The molecular formula is C15H14BrClO2. The summed E-state index contributed by atoms with van der Waals surface area (Å²) in [7, 11) is 0. The van der Waals surface area contributed by atoms with E-state index in [2.05, 4.69) is 15.9 Å². The summed E-state index contributed by atoms with van der Waals surface area (Å²) < 4.78 is 6.68. The van der Waals surface area contributed by atoms with Crippen molar-refractivity contribution in [3.05, 3.63) is 63.1 Å². The van der Waals surface area contributed by atoms with Crippen molar-refractivity contribution in [1.29, 1.82) is 0 Å². The highest BCUT2D eigenvalue weighted by Gasteiger charge is 2.10. The number of aliphatic hydroxyl groups excluding tert-OH is 1. The average Bonchev–Trinajstić information content (AvgIpc) is 2.37. The molecule has 2 aromatic rings. The normalized spacial score (nSPS) is 12.2. The fraction of sp³-hybridized carbons (Fsp3) is 0.200. The highest BCUT2D eigenvalue weighted by molar-refractivity contribution is 9.10. The molecule has 19 heavy (non-hydrogen) atoms. The van der Waals surface area contributed by atoms with Crippen LogP contribution in [0.2, 0.25) is 5.02 Å². The van der Waals surface area contributed by atoms with E-state index in [0.29, 0.717) is 17.4 Å². The van der Waals surface area contributed by atoms with Gasteiger partial charge < -0.3 is 9.84 Å². The van der Waals surface area contributed by atoms with Crippen molar-refractivity contribution in [3.63, 3.8) is 0 Å². The Morgan fingerprint density at radius 2 is 2.00 bits per heavy atom. The van der Waals surface area contributed by atoms with E-state index >= 15 is 0 Å². The maximum atomic E-state index is 9.73. The summed E-state index contributed by atoms with van der Waals surface area (Å²) in [5.74, 6) is 0.657. The minimum absolute atomic E-state index is 0.371. The Hall–Kier alpha value is -1.03. The maximum absolute atomic E-state index is 9.73. The Bertz CT molecular complexity index is 570. The van der Waals surface area contributed by atoms with Crippen LogP contribution in [0.3, 0.4) is 0 Å². The third-order valence-electron chi connectivity index (χ3n) is 2.77. The summed E-state index contributed by atoms with van der Waals surface area (Å²) in [5, 5.41) is 10.4. The minimum Gasteiger partial charge on any atom is -0.488 e. The average molecular weight is 342 g/mol. The second kappa shape index (κ2) is 6.42. The van der Waals surface area contributed by atoms with Crippen molar-refractivity contribution < 1.29 is 9.84 Å². The zero-order valence-corrected chi connectivity index (χ0v) is 12.8. The fourth-order valence-electron chi connectivity index (χ4n) is 1.75. The Kier molecular flexibility index (Phi) is 4.86. The van der Waals surface area contributed by atoms with E-state index in [1.165, 1.54) is 0 Å². The molecule has 1 N–H and O–H groups in total. The Labute approximate surface area is 126 Å². The molecule has 0 saturated heterocycles. The van der Waals surface area contributed by atoms with Crippen LogP contribution in [0.25, 0.3) is 0 Å². The maximum Gasteiger partial charge on any atom is 0.126 e. The van der Waals surface area contributed by atoms with Gasteiger partial charge in [-0.2, -0.15) is 0 Å². The number of aliphatic hydroxyl groups is 1. The number of hydrogen-bond donors (Lipinski definition) is 1. The molecule has 0 heterocycles. The number of ether oxygens (including phenoxy) is 1. The Morgan fingerprint density at radius 1 is 1.26 bits per heavy atom. The van der Waals surface area contributed by atoms with Gasteiger partial charge in [0.25, 0.3) is 0 Å². The second-order valence-electron chi connectivity index (χ2n) is 4.24. The molecule has 0 fully saturated rings. The van der Waals surface area contributed by atoms with Crippen LogP contribution in [0.4, 0.5) is 0 Å². The fourth-order valence-corrected chi connectivity index (χ4v) is 2.28. The summed E-state index contributed by atoms with van der Waals surface area (Å²) in [5.41, 5.74) is 1.68. The third-order valence-corrected chi connectivity index (χ3v) is 3.63. The van der Waals surface area contributed by atoms with Crippen molar-refractivity contribution in [2.24, 2.45) is 0 Å². The van der Waals surface area contributed by atoms with Crippen LogP contribution in [-0.4, -0.2) is 5.11 Å². The zero-order chi connectivity index (χ0) is 13.8.